The van der Waals surface area contributed by atoms with Crippen LogP contribution in [0, 0.1) is 6.92 Å². The summed E-state index contributed by atoms with van der Waals surface area (Å²) in [7, 11) is 1.81. The van der Waals surface area contributed by atoms with E-state index in [1.807, 2.05) is 38.2 Å². The fourth-order valence-electron chi connectivity index (χ4n) is 2.78. The molecule has 0 aliphatic rings. The molecule has 3 aromatic rings. The van der Waals surface area contributed by atoms with Crippen LogP contribution >= 0.6 is 23.2 Å². The first-order valence-corrected chi connectivity index (χ1v) is 9.38. The van der Waals surface area contributed by atoms with Crippen LogP contribution in [-0.4, -0.2) is 22.8 Å². The molecule has 0 aliphatic heterocycles. The Morgan fingerprint density at radius 3 is 2.70 bits per heavy atom. The summed E-state index contributed by atoms with van der Waals surface area (Å²) in [6.45, 7) is 2.63. The Hall–Kier alpha value is -2.30. The second-order valence-electron chi connectivity index (χ2n) is 6.42. The Labute approximate surface area is 168 Å². The van der Waals surface area contributed by atoms with E-state index in [9.17, 15) is 4.79 Å². The molecule has 140 valence electrons. The molecule has 4 nitrogen and oxygen atoms in total. The van der Waals surface area contributed by atoms with Crippen LogP contribution in [0.15, 0.2) is 53.1 Å². The number of oxazole rings is 1. The van der Waals surface area contributed by atoms with Crippen molar-refractivity contribution in [1.82, 2.24) is 9.88 Å². The Balaban J connectivity index is 1.59. The summed E-state index contributed by atoms with van der Waals surface area (Å²) >= 11 is 12.1. The van der Waals surface area contributed by atoms with Crippen LogP contribution < -0.4 is 0 Å². The van der Waals surface area contributed by atoms with Gasteiger partial charge in [-0.3, -0.25) is 4.79 Å². The number of carbonyl (C=O) groups excluding carboxylic acids is 1. The van der Waals surface area contributed by atoms with Crippen molar-refractivity contribution in [2.75, 3.05) is 7.05 Å². The van der Waals surface area contributed by atoms with E-state index >= 15 is 0 Å². The SMILES string of the molecule is Cc1ccccc1CN(C)C(=O)CCc1ncc(-c2ccc(Cl)cc2Cl)o1. The van der Waals surface area contributed by atoms with E-state index in [0.29, 0.717) is 41.1 Å². The van der Waals surface area contributed by atoms with Gasteiger partial charge in [0, 0.05) is 37.0 Å². The van der Waals surface area contributed by atoms with Crippen molar-refractivity contribution < 1.29 is 9.21 Å². The molecule has 1 aromatic heterocycles. The number of aryl methyl sites for hydroxylation is 2. The predicted octanol–water partition coefficient (Wildman–Crippen LogP) is 5.55. The van der Waals surface area contributed by atoms with E-state index in [-0.39, 0.29) is 5.91 Å². The van der Waals surface area contributed by atoms with Crippen LogP contribution in [-0.2, 0) is 17.8 Å². The number of carbonyl (C=O) groups is 1. The minimum Gasteiger partial charge on any atom is -0.441 e. The van der Waals surface area contributed by atoms with Gasteiger partial charge in [-0.25, -0.2) is 4.98 Å². The molecule has 27 heavy (non-hydrogen) atoms. The van der Waals surface area contributed by atoms with Crippen LogP contribution in [0.2, 0.25) is 10.0 Å². The second kappa shape index (κ2) is 8.59. The van der Waals surface area contributed by atoms with E-state index in [1.54, 1.807) is 29.3 Å². The zero-order chi connectivity index (χ0) is 19.4. The molecule has 0 unspecified atom stereocenters. The third-order valence-electron chi connectivity index (χ3n) is 4.40. The highest BCUT2D eigenvalue weighted by Gasteiger charge is 2.14. The zero-order valence-electron chi connectivity index (χ0n) is 15.2. The van der Waals surface area contributed by atoms with Gasteiger partial charge in [-0.05, 0) is 36.2 Å². The van der Waals surface area contributed by atoms with Crippen molar-refractivity contribution in [2.45, 2.75) is 26.3 Å². The summed E-state index contributed by atoms with van der Waals surface area (Å²) in [5.41, 5.74) is 3.04. The summed E-state index contributed by atoms with van der Waals surface area (Å²) < 4.78 is 5.75. The maximum atomic E-state index is 12.4. The topological polar surface area (TPSA) is 46.3 Å². The molecule has 1 amide bonds. The summed E-state index contributed by atoms with van der Waals surface area (Å²) in [6, 6.07) is 13.2. The molecule has 0 fully saturated rings. The van der Waals surface area contributed by atoms with Crippen LogP contribution in [0.3, 0.4) is 0 Å². The molecular weight excluding hydrogens is 383 g/mol. The van der Waals surface area contributed by atoms with Crippen molar-refractivity contribution in [3.05, 3.63) is 75.7 Å². The first-order chi connectivity index (χ1) is 12.9. The lowest BCUT2D eigenvalue weighted by molar-refractivity contribution is -0.130. The molecule has 1 heterocycles. The number of aromatic nitrogens is 1. The maximum absolute atomic E-state index is 12.4. The van der Waals surface area contributed by atoms with E-state index in [2.05, 4.69) is 4.98 Å². The van der Waals surface area contributed by atoms with Crippen molar-refractivity contribution in [2.24, 2.45) is 0 Å². The van der Waals surface area contributed by atoms with Gasteiger partial charge in [0.1, 0.15) is 0 Å². The highest BCUT2D eigenvalue weighted by atomic mass is 35.5. The first kappa shape index (κ1) is 19.5. The van der Waals surface area contributed by atoms with E-state index in [4.69, 9.17) is 27.6 Å². The van der Waals surface area contributed by atoms with Crippen LogP contribution in [0.1, 0.15) is 23.4 Å². The first-order valence-electron chi connectivity index (χ1n) is 8.62. The quantitative estimate of drug-likeness (QED) is 0.542. The Morgan fingerprint density at radius 2 is 1.96 bits per heavy atom. The Kier molecular flexibility index (Phi) is 6.19. The van der Waals surface area contributed by atoms with Crippen molar-refractivity contribution in [3.8, 4) is 11.3 Å². The summed E-state index contributed by atoms with van der Waals surface area (Å²) in [6.07, 6.45) is 2.38. The molecule has 0 saturated heterocycles. The molecule has 6 heteroatoms. The number of benzene rings is 2. The van der Waals surface area contributed by atoms with Crippen LogP contribution in [0.4, 0.5) is 0 Å². The third-order valence-corrected chi connectivity index (χ3v) is 4.95. The Bertz CT molecular complexity index is 953. The molecule has 0 aliphatic carbocycles. The summed E-state index contributed by atoms with van der Waals surface area (Å²) in [4.78, 5) is 18.4. The standard InChI is InChI=1S/C21H20Cl2N2O2/c1-14-5-3-4-6-15(14)13-25(2)21(26)10-9-20-24-12-19(27-20)17-8-7-16(22)11-18(17)23/h3-8,11-12H,9-10,13H2,1-2H3. The Morgan fingerprint density at radius 1 is 1.19 bits per heavy atom. The molecule has 2 aromatic carbocycles. The molecule has 0 bridgehead atoms. The highest BCUT2D eigenvalue weighted by Crippen LogP contribution is 2.30. The number of amides is 1. The number of rotatable bonds is 6. The van der Waals surface area contributed by atoms with Gasteiger partial charge in [0.05, 0.1) is 11.2 Å². The van der Waals surface area contributed by atoms with Gasteiger partial charge in [-0.2, -0.15) is 0 Å². The molecule has 0 atom stereocenters. The van der Waals surface area contributed by atoms with E-state index in [1.165, 1.54) is 5.56 Å². The van der Waals surface area contributed by atoms with Crippen LogP contribution in [0.5, 0.6) is 0 Å². The van der Waals surface area contributed by atoms with Crippen LogP contribution in [0.25, 0.3) is 11.3 Å². The van der Waals surface area contributed by atoms with Gasteiger partial charge in [0.15, 0.2) is 11.7 Å². The number of halogens is 2. The molecule has 3 rings (SSSR count). The van der Waals surface area contributed by atoms with Gasteiger partial charge >= 0.3 is 0 Å². The summed E-state index contributed by atoms with van der Waals surface area (Å²) in [5.74, 6) is 1.11. The predicted molar refractivity (Wildman–Crippen MR) is 108 cm³/mol. The molecule has 0 saturated carbocycles. The third kappa shape index (κ3) is 4.90. The zero-order valence-corrected chi connectivity index (χ0v) is 16.7. The van der Waals surface area contributed by atoms with Crippen molar-refractivity contribution in [1.29, 1.82) is 0 Å². The fraction of sp³-hybridized carbons (Fsp3) is 0.238. The average Bonchev–Trinajstić information content (AvgIpc) is 3.10. The number of hydrogen-bond acceptors (Lipinski definition) is 3. The molecule has 0 N–H and O–H groups in total. The molecular formula is C21H20Cl2N2O2. The summed E-state index contributed by atoms with van der Waals surface area (Å²) in [5, 5.41) is 1.06. The number of nitrogens with zero attached hydrogens (tertiary/aromatic N) is 2. The van der Waals surface area contributed by atoms with E-state index < -0.39 is 0 Å². The second-order valence-corrected chi connectivity index (χ2v) is 7.26. The van der Waals surface area contributed by atoms with Gasteiger partial charge in [0.2, 0.25) is 5.91 Å². The maximum Gasteiger partial charge on any atom is 0.223 e. The van der Waals surface area contributed by atoms with Gasteiger partial charge in [-0.1, -0.05) is 47.5 Å². The lowest BCUT2D eigenvalue weighted by atomic mass is 10.1. The van der Waals surface area contributed by atoms with Crippen molar-refractivity contribution in [3.63, 3.8) is 0 Å². The fourth-order valence-corrected chi connectivity index (χ4v) is 3.28. The lowest BCUT2D eigenvalue weighted by Crippen LogP contribution is -2.26. The normalized spacial score (nSPS) is 10.8. The van der Waals surface area contributed by atoms with Gasteiger partial charge in [0.25, 0.3) is 0 Å². The van der Waals surface area contributed by atoms with Gasteiger partial charge in [-0.15, -0.1) is 0 Å². The van der Waals surface area contributed by atoms with E-state index in [0.717, 1.165) is 11.1 Å². The smallest absolute Gasteiger partial charge is 0.223 e. The van der Waals surface area contributed by atoms with Gasteiger partial charge < -0.3 is 9.32 Å². The minimum atomic E-state index is 0.0440. The lowest BCUT2D eigenvalue weighted by Gasteiger charge is -2.18. The highest BCUT2D eigenvalue weighted by molar-refractivity contribution is 6.36. The molecule has 0 spiro atoms. The average molecular weight is 403 g/mol. The monoisotopic (exact) mass is 402 g/mol. The number of hydrogen-bond donors (Lipinski definition) is 0. The minimum absolute atomic E-state index is 0.0440. The van der Waals surface area contributed by atoms with Crippen molar-refractivity contribution >= 4 is 29.1 Å². The molecule has 0 radical (unpaired) electrons. The largest absolute Gasteiger partial charge is 0.441 e.